The lowest BCUT2D eigenvalue weighted by Crippen LogP contribution is -2.40. The van der Waals surface area contributed by atoms with E-state index >= 15 is 0 Å². The molecule has 21 heavy (non-hydrogen) atoms. The molecule has 0 bridgehead atoms. The van der Waals surface area contributed by atoms with Crippen LogP contribution < -0.4 is 0 Å². The fraction of sp³-hybridized carbons (Fsp3) is 0.571. The van der Waals surface area contributed by atoms with E-state index in [9.17, 15) is 14.9 Å². The molecular formula is C14H18ClN3O3. The van der Waals surface area contributed by atoms with Crippen LogP contribution >= 0.6 is 11.6 Å². The van der Waals surface area contributed by atoms with Gasteiger partial charge in [-0.2, -0.15) is 0 Å². The minimum absolute atomic E-state index is 0.0281. The van der Waals surface area contributed by atoms with E-state index in [4.69, 9.17) is 11.6 Å². The maximum Gasteiger partial charge on any atom is 0.300 e. The van der Waals surface area contributed by atoms with Gasteiger partial charge in [-0.25, -0.2) is 4.98 Å². The molecule has 0 saturated carbocycles. The number of amides is 1. The minimum atomic E-state index is -0.588. The molecule has 1 aliphatic rings. The third kappa shape index (κ3) is 3.50. The van der Waals surface area contributed by atoms with Crippen molar-refractivity contribution >= 4 is 23.2 Å². The SMILES string of the molecule is CCC1CCCCCN1C(=O)c1cc(Cl)ncc1[N+](=O)[O-]. The number of aromatic nitrogens is 1. The summed E-state index contributed by atoms with van der Waals surface area (Å²) >= 11 is 5.80. The molecule has 2 heterocycles. The van der Waals surface area contributed by atoms with Crippen LogP contribution in [0.2, 0.25) is 5.15 Å². The first-order chi connectivity index (χ1) is 10.0. The van der Waals surface area contributed by atoms with E-state index in [0.717, 1.165) is 38.3 Å². The van der Waals surface area contributed by atoms with Crippen molar-refractivity contribution in [3.05, 3.63) is 33.1 Å². The number of likely N-dealkylation sites (tertiary alicyclic amines) is 1. The molecule has 0 N–H and O–H groups in total. The number of carbonyl (C=O) groups excluding carboxylic acids is 1. The van der Waals surface area contributed by atoms with Crippen molar-refractivity contribution in [3.8, 4) is 0 Å². The summed E-state index contributed by atoms with van der Waals surface area (Å²) in [5.41, 5.74) is -0.260. The molecule has 0 aromatic carbocycles. The summed E-state index contributed by atoms with van der Waals surface area (Å²) in [4.78, 5) is 28.7. The van der Waals surface area contributed by atoms with Crippen LogP contribution in [0, 0.1) is 10.1 Å². The van der Waals surface area contributed by atoms with Crippen LogP contribution in [0.15, 0.2) is 12.3 Å². The number of pyridine rings is 1. The minimum Gasteiger partial charge on any atom is -0.335 e. The number of nitro groups is 1. The molecule has 0 spiro atoms. The molecule has 1 unspecified atom stereocenters. The Morgan fingerprint density at radius 1 is 1.52 bits per heavy atom. The summed E-state index contributed by atoms with van der Waals surface area (Å²) in [5.74, 6) is -0.320. The zero-order chi connectivity index (χ0) is 15.4. The smallest absolute Gasteiger partial charge is 0.300 e. The van der Waals surface area contributed by atoms with Crippen molar-refractivity contribution in [2.45, 2.75) is 45.1 Å². The highest BCUT2D eigenvalue weighted by atomic mass is 35.5. The van der Waals surface area contributed by atoms with Gasteiger partial charge in [0.15, 0.2) is 0 Å². The summed E-state index contributed by atoms with van der Waals surface area (Å²) < 4.78 is 0. The number of hydrogen-bond acceptors (Lipinski definition) is 4. The molecule has 0 aliphatic carbocycles. The average Bonchev–Trinajstić information content (AvgIpc) is 2.71. The Bertz CT molecular complexity index is 550. The molecule has 0 radical (unpaired) electrons. The van der Waals surface area contributed by atoms with Crippen molar-refractivity contribution < 1.29 is 9.72 Å². The lowest BCUT2D eigenvalue weighted by atomic mass is 10.1. The Labute approximate surface area is 128 Å². The van der Waals surface area contributed by atoms with Gasteiger partial charge >= 0.3 is 0 Å². The fourth-order valence-corrected chi connectivity index (χ4v) is 2.92. The molecule has 6 nitrogen and oxygen atoms in total. The van der Waals surface area contributed by atoms with Crippen LogP contribution in [-0.4, -0.2) is 33.3 Å². The lowest BCUT2D eigenvalue weighted by Gasteiger charge is -2.29. The fourth-order valence-electron chi connectivity index (χ4n) is 2.76. The zero-order valence-electron chi connectivity index (χ0n) is 11.9. The van der Waals surface area contributed by atoms with Gasteiger partial charge in [0.1, 0.15) is 16.9 Å². The molecule has 1 fully saturated rings. The molecule has 1 aliphatic heterocycles. The molecule has 114 valence electrons. The Balaban J connectivity index is 2.37. The van der Waals surface area contributed by atoms with Gasteiger partial charge in [-0.1, -0.05) is 31.4 Å². The molecule has 1 amide bonds. The van der Waals surface area contributed by atoms with E-state index in [-0.39, 0.29) is 28.4 Å². The van der Waals surface area contributed by atoms with E-state index in [0.29, 0.717) is 6.54 Å². The monoisotopic (exact) mass is 311 g/mol. The van der Waals surface area contributed by atoms with Gasteiger partial charge in [0.2, 0.25) is 0 Å². The van der Waals surface area contributed by atoms with Crippen LogP contribution in [0.5, 0.6) is 0 Å². The Morgan fingerprint density at radius 3 is 2.95 bits per heavy atom. The molecule has 1 saturated heterocycles. The average molecular weight is 312 g/mol. The topological polar surface area (TPSA) is 76.3 Å². The highest BCUT2D eigenvalue weighted by Gasteiger charge is 2.30. The van der Waals surface area contributed by atoms with E-state index in [1.54, 1.807) is 4.90 Å². The number of carbonyl (C=O) groups is 1. The second-order valence-electron chi connectivity index (χ2n) is 5.19. The van der Waals surface area contributed by atoms with E-state index < -0.39 is 4.92 Å². The Kier molecular flexibility index (Phi) is 5.12. The van der Waals surface area contributed by atoms with Gasteiger partial charge in [-0.05, 0) is 25.3 Å². The second-order valence-corrected chi connectivity index (χ2v) is 5.58. The van der Waals surface area contributed by atoms with Gasteiger partial charge in [-0.3, -0.25) is 14.9 Å². The molecule has 1 aromatic rings. The third-order valence-electron chi connectivity index (χ3n) is 3.89. The summed E-state index contributed by atoms with van der Waals surface area (Å²) in [6.07, 6.45) is 5.93. The first kappa shape index (κ1) is 15.7. The van der Waals surface area contributed by atoms with Gasteiger partial charge in [0, 0.05) is 12.6 Å². The predicted octanol–water partition coefficient (Wildman–Crippen LogP) is 3.44. The van der Waals surface area contributed by atoms with Crippen molar-refractivity contribution in [2.24, 2.45) is 0 Å². The Morgan fingerprint density at radius 2 is 2.29 bits per heavy atom. The van der Waals surface area contributed by atoms with Crippen molar-refractivity contribution in [3.63, 3.8) is 0 Å². The summed E-state index contributed by atoms with van der Waals surface area (Å²) in [6, 6.07) is 1.42. The summed E-state index contributed by atoms with van der Waals surface area (Å²) in [6.45, 7) is 2.67. The molecular weight excluding hydrogens is 294 g/mol. The van der Waals surface area contributed by atoms with Crippen LogP contribution in [-0.2, 0) is 0 Å². The van der Waals surface area contributed by atoms with E-state index in [2.05, 4.69) is 4.98 Å². The largest absolute Gasteiger partial charge is 0.335 e. The van der Waals surface area contributed by atoms with Crippen LogP contribution in [0.25, 0.3) is 0 Å². The molecule has 1 atom stereocenters. The second kappa shape index (κ2) is 6.85. The quantitative estimate of drug-likeness (QED) is 0.487. The number of nitrogens with zero attached hydrogens (tertiary/aromatic N) is 3. The van der Waals surface area contributed by atoms with Gasteiger partial charge in [0.25, 0.3) is 11.6 Å². The molecule has 7 heteroatoms. The lowest BCUT2D eigenvalue weighted by molar-refractivity contribution is -0.385. The van der Waals surface area contributed by atoms with Gasteiger partial charge in [-0.15, -0.1) is 0 Å². The molecule has 2 rings (SSSR count). The van der Waals surface area contributed by atoms with Crippen LogP contribution in [0.3, 0.4) is 0 Å². The molecule has 1 aromatic heterocycles. The van der Waals surface area contributed by atoms with Crippen molar-refractivity contribution in [1.82, 2.24) is 9.88 Å². The van der Waals surface area contributed by atoms with Crippen LogP contribution in [0.1, 0.15) is 49.4 Å². The first-order valence-electron chi connectivity index (χ1n) is 7.15. The van der Waals surface area contributed by atoms with Gasteiger partial charge < -0.3 is 4.90 Å². The standard InChI is InChI=1S/C14H18ClN3O3/c1-2-10-6-4-3-5-7-17(10)14(19)11-8-13(15)16-9-12(11)18(20)21/h8-10H,2-7H2,1H3. The summed E-state index contributed by atoms with van der Waals surface area (Å²) in [5, 5.41) is 11.2. The van der Waals surface area contributed by atoms with E-state index in [1.807, 2.05) is 6.92 Å². The number of halogens is 1. The number of rotatable bonds is 3. The predicted molar refractivity (Wildman–Crippen MR) is 79.5 cm³/mol. The highest BCUT2D eigenvalue weighted by Crippen LogP contribution is 2.26. The van der Waals surface area contributed by atoms with Crippen LogP contribution in [0.4, 0.5) is 5.69 Å². The highest BCUT2D eigenvalue weighted by molar-refractivity contribution is 6.29. The summed E-state index contributed by atoms with van der Waals surface area (Å²) in [7, 11) is 0. The van der Waals surface area contributed by atoms with Crippen molar-refractivity contribution in [1.29, 1.82) is 0 Å². The maximum atomic E-state index is 12.7. The van der Waals surface area contributed by atoms with Crippen molar-refractivity contribution in [2.75, 3.05) is 6.54 Å². The van der Waals surface area contributed by atoms with E-state index in [1.165, 1.54) is 6.07 Å². The maximum absolute atomic E-state index is 12.7. The zero-order valence-corrected chi connectivity index (χ0v) is 12.7. The third-order valence-corrected chi connectivity index (χ3v) is 4.09. The van der Waals surface area contributed by atoms with Gasteiger partial charge in [0.05, 0.1) is 4.92 Å². The normalized spacial score (nSPS) is 19.1. The Hall–Kier alpha value is -1.69. The first-order valence-corrected chi connectivity index (χ1v) is 7.53. The number of hydrogen-bond donors (Lipinski definition) is 0.